The van der Waals surface area contributed by atoms with Gasteiger partial charge in [0.25, 0.3) is 6.71 Å². The van der Waals surface area contributed by atoms with Crippen LogP contribution in [-0.4, -0.2) is 6.71 Å². The van der Waals surface area contributed by atoms with Gasteiger partial charge >= 0.3 is 0 Å². The molecule has 5 aromatic carbocycles. The van der Waals surface area contributed by atoms with Crippen molar-refractivity contribution in [2.45, 2.75) is 0 Å². The highest BCUT2D eigenvalue weighted by molar-refractivity contribution is 6.98. The number of fused-ring (bicyclic) bond motifs is 7. The number of furan rings is 1. The van der Waals surface area contributed by atoms with Crippen LogP contribution in [0.4, 0.5) is 0 Å². The average Bonchev–Trinajstić information content (AvgIpc) is 3.27. The van der Waals surface area contributed by atoms with Crippen molar-refractivity contribution in [2.75, 3.05) is 0 Å². The van der Waals surface area contributed by atoms with Crippen molar-refractivity contribution in [1.82, 2.24) is 0 Å². The summed E-state index contributed by atoms with van der Waals surface area (Å²) >= 11 is 0. The highest BCUT2D eigenvalue weighted by Crippen LogP contribution is 2.41. The first kappa shape index (κ1) is 18.0. The highest BCUT2D eigenvalue weighted by Gasteiger charge is 2.40. The van der Waals surface area contributed by atoms with E-state index >= 15 is 0 Å². The van der Waals surface area contributed by atoms with E-state index in [1.165, 1.54) is 10.9 Å². The zero-order valence-corrected chi connectivity index (χ0v) is 18.1. The summed E-state index contributed by atoms with van der Waals surface area (Å²) in [6.07, 6.45) is 0. The van der Waals surface area contributed by atoms with Crippen LogP contribution in [0, 0.1) is 0 Å². The third-order valence-electron chi connectivity index (χ3n) is 7.01. The average molecular weight is 436 g/mol. The van der Waals surface area contributed by atoms with Gasteiger partial charge < -0.3 is 13.9 Å². The molecule has 1 aromatic heterocycles. The molecule has 0 fully saturated rings. The molecule has 34 heavy (non-hydrogen) atoms. The lowest BCUT2D eigenvalue weighted by molar-refractivity contribution is 0.465. The molecule has 2 aliphatic heterocycles. The van der Waals surface area contributed by atoms with E-state index in [0.717, 1.165) is 61.5 Å². The van der Waals surface area contributed by atoms with E-state index in [1.54, 1.807) is 0 Å². The SMILES string of the molecule is c1ccc2c(c1)Oc1cc(-c3cccc4oc5ccccc5c34)cc3c1B2c1ccccc1O3. The summed E-state index contributed by atoms with van der Waals surface area (Å²) in [5, 5.41) is 2.21. The van der Waals surface area contributed by atoms with Crippen LogP contribution in [0.2, 0.25) is 0 Å². The van der Waals surface area contributed by atoms with Gasteiger partial charge in [-0.05, 0) is 58.5 Å². The van der Waals surface area contributed by atoms with Gasteiger partial charge in [-0.15, -0.1) is 0 Å². The van der Waals surface area contributed by atoms with E-state index < -0.39 is 0 Å². The van der Waals surface area contributed by atoms with E-state index in [-0.39, 0.29) is 6.71 Å². The van der Waals surface area contributed by atoms with Gasteiger partial charge in [0.05, 0.1) is 0 Å². The summed E-state index contributed by atoms with van der Waals surface area (Å²) in [4.78, 5) is 0. The molecule has 0 spiro atoms. The Bertz CT molecular complexity index is 1710. The van der Waals surface area contributed by atoms with Gasteiger partial charge in [-0.1, -0.05) is 66.7 Å². The number of ether oxygens (including phenoxy) is 2. The number of benzene rings is 5. The van der Waals surface area contributed by atoms with Gasteiger partial charge in [-0.25, -0.2) is 0 Å². The first-order valence-electron chi connectivity index (χ1n) is 11.5. The fourth-order valence-electron chi connectivity index (χ4n) is 5.56. The maximum atomic E-state index is 6.48. The molecule has 2 aliphatic rings. The third kappa shape index (κ3) is 2.37. The van der Waals surface area contributed by atoms with Crippen molar-refractivity contribution in [3.8, 4) is 34.1 Å². The van der Waals surface area contributed by atoms with Crippen LogP contribution in [-0.2, 0) is 0 Å². The molecule has 0 amide bonds. The van der Waals surface area contributed by atoms with Gasteiger partial charge in [0.15, 0.2) is 0 Å². The minimum atomic E-state index is 0.0829. The molecule has 6 aromatic rings. The summed E-state index contributed by atoms with van der Waals surface area (Å²) in [7, 11) is 0. The fraction of sp³-hybridized carbons (Fsp3) is 0. The standard InChI is InChI=1S/C30H17BO3/c1-4-12-23-20(8-1)29-19(9-7-15-26(29)32-23)18-16-27-30-28(17-18)34-25-14-6-3-11-22(25)31(30)21-10-2-5-13-24(21)33-27/h1-17H. The minimum absolute atomic E-state index is 0.0829. The Kier molecular flexibility index (Phi) is 3.48. The van der Waals surface area contributed by atoms with E-state index in [2.05, 4.69) is 54.6 Å². The molecule has 0 atom stereocenters. The van der Waals surface area contributed by atoms with Gasteiger partial charge in [-0.3, -0.25) is 0 Å². The Labute approximate surface area is 196 Å². The van der Waals surface area contributed by atoms with Gasteiger partial charge in [0.2, 0.25) is 0 Å². The van der Waals surface area contributed by atoms with Crippen molar-refractivity contribution in [2.24, 2.45) is 0 Å². The molecule has 0 saturated carbocycles. The van der Waals surface area contributed by atoms with E-state index in [1.807, 2.05) is 48.5 Å². The summed E-state index contributed by atoms with van der Waals surface area (Å²) in [6.45, 7) is 0.0829. The van der Waals surface area contributed by atoms with Crippen LogP contribution in [0.1, 0.15) is 0 Å². The number of para-hydroxylation sites is 3. The lowest BCUT2D eigenvalue weighted by Gasteiger charge is -2.33. The molecule has 0 saturated heterocycles. The summed E-state index contributed by atoms with van der Waals surface area (Å²) in [5.74, 6) is 3.48. The van der Waals surface area contributed by atoms with E-state index in [0.29, 0.717) is 0 Å². The third-order valence-corrected chi connectivity index (χ3v) is 7.01. The number of hydrogen-bond donors (Lipinski definition) is 0. The van der Waals surface area contributed by atoms with Crippen molar-refractivity contribution in [3.63, 3.8) is 0 Å². The van der Waals surface area contributed by atoms with Crippen molar-refractivity contribution in [3.05, 3.63) is 103 Å². The molecule has 0 aliphatic carbocycles. The maximum absolute atomic E-state index is 6.48. The molecule has 0 bridgehead atoms. The number of rotatable bonds is 1. The Morgan fingerprint density at radius 2 is 1.15 bits per heavy atom. The Hall–Kier alpha value is -4.44. The quantitative estimate of drug-likeness (QED) is 0.297. The predicted octanol–water partition coefficient (Wildman–Crippen LogP) is 5.98. The van der Waals surface area contributed by atoms with Gasteiger partial charge in [0, 0.05) is 16.2 Å². The van der Waals surface area contributed by atoms with Crippen LogP contribution in [0.15, 0.2) is 108 Å². The van der Waals surface area contributed by atoms with Crippen LogP contribution in [0.5, 0.6) is 23.0 Å². The molecule has 0 unspecified atom stereocenters. The highest BCUT2D eigenvalue weighted by atomic mass is 16.5. The smallest absolute Gasteiger partial charge is 0.260 e. The van der Waals surface area contributed by atoms with Crippen molar-refractivity contribution < 1.29 is 13.9 Å². The summed E-state index contributed by atoms with van der Waals surface area (Å²) in [5.41, 5.74) is 7.34. The molecule has 0 N–H and O–H groups in total. The molecule has 4 heteroatoms. The van der Waals surface area contributed by atoms with Crippen LogP contribution < -0.4 is 25.9 Å². The van der Waals surface area contributed by atoms with Gasteiger partial charge in [-0.2, -0.15) is 0 Å². The van der Waals surface area contributed by atoms with Crippen LogP contribution >= 0.6 is 0 Å². The van der Waals surface area contributed by atoms with E-state index in [9.17, 15) is 0 Å². The summed E-state index contributed by atoms with van der Waals surface area (Å²) < 4.78 is 19.1. The molecule has 8 rings (SSSR count). The monoisotopic (exact) mass is 436 g/mol. The first-order chi connectivity index (χ1) is 16.8. The van der Waals surface area contributed by atoms with Crippen molar-refractivity contribution >= 4 is 45.0 Å². The lowest BCUT2D eigenvalue weighted by Crippen LogP contribution is -2.57. The largest absolute Gasteiger partial charge is 0.458 e. The van der Waals surface area contributed by atoms with Gasteiger partial charge in [0.1, 0.15) is 34.2 Å². The topological polar surface area (TPSA) is 31.6 Å². The van der Waals surface area contributed by atoms with Crippen LogP contribution in [0.3, 0.4) is 0 Å². The Balaban J connectivity index is 1.42. The predicted molar refractivity (Wildman–Crippen MR) is 137 cm³/mol. The second kappa shape index (κ2) is 6.55. The Morgan fingerprint density at radius 3 is 1.88 bits per heavy atom. The normalized spacial score (nSPS) is 13.1. The maximum Gasteiger partial charge on any atom is 0.260 e. The number of hydrogen-bond acceptors (Lipinski definition) is 3. The lowest BCUT2D eigenvalue weighted by atomic mass is 9.35. The van der Waals surface area contributed by atoms with E-state index in [4.69, 9.17) is 13.9 Å². The minimum Gasteiger partial charge on any atom is -0.458 e. The fourth-order valence-corrected chi connectivity index (χ4v) is 5.56. The zero-order valence-electron chi connectivity index (χ0n) is 18.1. The second-order valence-corrected chi connectivity index (χ2v) is 8.88. The van der Waals surface area contributed by atoms with Crippen molar-refractivity contribution in [1.29, 1.82) is 0 Å². The molecule has 3 nitrogen and oxygen atoms in total. The molecular weight excluding hydrogens is 419 g/mol. The first-order valence-corrected chi connectivity index (χ1v) is 11.5. The second-order valence-electron chi connectivity index (χ2n) is 8.88. The van der Waals surface area contributed by atoms with Crippen LogP contribution in [0.25, 0.3) is 33.1 Å². The molecule has 3 heterocycles. The molecule has 0 radical (unpaired) electrons. The summed E-state index contributed by atoms with van der Waals surface area (Å²) in [6, 6.07) is 35.3. The molecular formula is C30H17BO3. The molecule has 158 valence electrons. The zero-order chi connectivity index (χ0) is 22.2. The Morgan fingerprint density at radius 1 is 0.529 bits per heavy atom.